The average Bonchev–Trinajstić information content (AvgIpc) is 2.68. The number of nitro benzene ring substituents is 1. The molecule has 10 heteroatoms. The molecular formula is C18H22N4O6. The number of non-ortho nitro benzene ring substituents is 1. The van der Waals surface area contributed by atoms with E-state index < -0.39 is 23.0 Å². The van der Waals surface area contributed by atoms with Gasteiger partial charge in [-0.1, -0.05) is 0 Å². The van der Waals surface area contributed by atoms with Crippen molar-refractivity contribution in [1.82, 2.24) is 15.5 Å². The summed E-state index contributed by atoms with van der Waals surface area (Å²) in [6.45, 7) is 4.80. The molecule has 3 rings (SSSR count). The van der Waals surface area contributed by atoms with Gasteiger partial charge in [-0.25, -0.2) is 9.59 Å². The second-order valence-electron chi connectivity index (χ2n) is 6.38. The highest BCUT2D eigenvalue weighted by atomic mass is 16.6. The fourth-order valence-corrected chi connectivity index (χ4v) is 3.21. The van der Waals surface area contributed by atoms with Gasteiger partial charge in [0.25, 0.3) is 5.69 Å². The minimum atomic E-state index is -0.760. The van der Waals surface area contributed by atoms with Gasteiger partial charge in [0.15, 0.2) is 0 Å². The van der Waals surface area contributed by atoms with E-state index in [0.717, 1.165) is 0 Å². The van der Waals surface area contributed by atoms with E-state index in [1.165, 1.54) is 24.3 Å². The van der Waals surface area contributed by atoms with Crippen molar-refractivity contribution in [3.63, 3.8) is 0 Å². The molecule has 0 unspecified atom stereocenters. The number of rotatable bonds is 6. The van der Waals surface area contributed by atoms with Gasteiger partial charge in [0.2, 0.25) is 0 Å². The SMILES string of the molecule is CCOC(=O)C1=C(CN2CCOCC2)NC(=O)N[C@H]1c1ccc([N+](=O)[O-])cc1. The number of nitrogens with one attached hydrogen (secondary N) is 2. The minimum absolute atomic E-state index is 0.0702. The number of nitrogens with zero attached hydrogens (tertiary/aromatic N) is 2. The summed E-state index contributed by atoms with van der Waals surface area (Å²) in [6, 6.07) is 4.53. The molecule has 1 saturated heterocycles. The summed E-state index contributed by atoms with van der Waals surface area (Å²) in [5.41, 5.74) is 1.25. The van der Waals surface area contributed by atoms with Crippen LogP contribution in [0.5, 0.6) is 0 Å². The Bertz CT molecular complexity index is 786. The van der Waals surface area contributed by atoms with Crippen LogP contribution in [-0.2, 0) is 14.3 Å². The van der Waals surface area contributed by atoms with Crippen molar-refractivity contribution >= 4 is 17.7 Å². The first kappa shape index (κ1) is 19.8. The van der Waals surface area contributed by atoms with Crippen molar-refractivity contribution in [2.75, 3.05) is 39.5 Å². The zero-order valence-corrected chi connectivity index (χ0v) is 15.5. The fourth-order valence-electron chi connectivity index (χ4n) is 3.21. The van der Waals surface area contributed by atoms with Gasteiger partial charge in [0, 0.05) is 37.5 Å². The van der Waals surface area contributed by atoms with Gasteiger partial charge < -0.3 is 20.1 Å². The average molecular weight is 390 g/mol. The van der Waals surface area contributed by atoms with Crippen LogP contribution in [0.2, 0.25) is 0 Å². The lowest BCUT2D eigenvalue weighted by Gasteiger charge is -2.33. The topological polar surface area (TPSA) is 123 Å². The van der Waals surface area contributed by atoms with Crippen LogP contribution in [-0.4, -0.2) is 61.3 Å². The summed E-state index contributed by atoms with van der Waals surface area (Å²) in [5.74, 6) is -0.540. The fraction of sp³-hybridized carbons (Fsp3) is 0.444. The molecule has 0 aliphatic carbocycles. The first-order chi connectivity index (χ1) is 13.5. The molecule has 2 aliphatic heterocycles. The van der Waals surface area contributed by atoms with Crippen molar-refractivity contribution < 1.29 is 24.0 Å². The van der Waals surface area contributed by atoms with E-state index in [1.54, 1.807) is 6.92 Å². The summed E-state index contributed by atoms with van der Waals surface area (Å²) in [6.07, 6.45) is 0. The Balaban J connectivity index is 1.97. The molecule has 1 aromatic carbocycles. The van der Waals surface area contributed by atoms with Gasteiger partial charge >= 0.3 is 12.0 Å². The Hall–Kier alpha value is -2.98. The molecule has 1 fully saturated rings. The molecule has 2 aliphatic rings. The van der Waals surface area contributed by atoms with E-state index in [2.05, 4.69) is 15.5 Å². The van der Waals surface area contributed by atoms with Crippen molar-refractivity contribution in [2.45, 2.75) is 13.0 Å². The van der Waals surface area contributed by atoms with Gasteiger partial charge in [0.05, 0.1) is 36.4 Å². The number of morpholine rings is 1. The van der Waals surface area contributed by atoms with Crippen molar-refractivity contribution in [1.29, 1.82) is 0 Å². The quantitative estimate of drug-likeness (QED) is 0.423. The summed E-state index contributed by atoms with van der Waals surface area (Å²) in [5, 5.41) is 16.3. The predicted octanol–water partition coefficient (Wildman–Crippen LogP) is 1.10. The number of hydrogen-bond donors (Lipinski definition) is 2. The van der Waals surface area contributed by atoms with Crippen LogP contribution < -0.4 is 10.6 Å². The van der Waals surface area contributed by atoms with Crippen LogP contribution in [0.3, 0.4) is 0 Å². The Morgan fingerprint density at radius 1 is 1.32 bits per heavy atom. The second kappa shape index (κ2) is 8.81. The molecule has 150 valence electrons. The molecule has 1 atom stereocenters. The predicted molar refractivity (Wildman–Crippen MR) is 98.4 cm³/mol. The monoisotopic (exact) mass is 390 g/mol. The smallest absolute Gasteiger partial charge is 0.338 e. The first-order valence-electron chi connectivity index (χ1n) is 9.01. The number of benzene rings is 1. The Labute approximate surface area is 161 Å². The third kappa shape index (κ3) is 4.46. The molecule has 0 spiro atoms. The summed E-state index contributed by atoms with van der Waals surface area (Å²) in [7, 11) is 0. The minimum Gasteiger partial charge on any atom is -0.463 e. The van der Waals surface area contributed by atoms with Crippen molar-refractivity contribution in [3.05, 3.63) is 51.2 Å². The number of urea groups is 1. The zero-order chi connectivity index (χ0) is 20.1. The molecule has 0 bridgehead atoms. The number of nitro groups is 1. The van der Waals surface area contributed by atoms with Crippen molar-refractivity contribution in [2.24, 2.45) is 0 Å². The maximum absolute atomic E-state index is 12.7. The molecule has 10 nitrogen and oxygen atoms in total. The third-order valence-electron chi connectivity index (χ3n) is 4.57. The number of esters is 1. The molecule has 2 amide bonds. The van der Waals surface area contributed by atoms with Crippen LogP contribution in [0, 0.1) is 10.1 Å². The molecule has 2 heterocycles. The molecule has 0 aromatic heterocycles. The Morgan fingerprint density at radius 3 is 2.61 bits per heavy atom. The lowest BCUT2D eigenvalue weighted by atomic mass is 9.94. The number of carbonyl (C=O) groups is 2. The molecule has 1 aromatic rings. The van der Waals surface area contributed by atoms with Gasteiger partial charge in [-0.3, -0.25) is 15.0 Å². The molecule has 2 N–H and O–H groups in total. The summed E-state index contributed by atoms with van der Waals surface area (Å²) in [4.78, 5) is 37.4. The molecule has 0 radical (unpaired) electrons. The third-order valence-corrected chi connectivity index (χ3v) is 4.57. The zero-order valence-electron chi connectivity index (χ0n) is 15.5. The number of amides is 2. The molecule has 28 heavy (non-hydrogen) atoms. The second-order valence-corrected chi connectivity index (χ2v) is 6.38. The van der Waals surface area contributed by atoms with E-state index in [9.17, 15) is 19.7 Å². The van der Waals surface area contributed by atoms with Crippen LogP contribution >= 0.6 is 0 Å². The Kier molecular flexibility index (Phi) is 6.22. The van der Waals surface area contributed by atoms with Crippen LogP contribution in [0.15, 0.2) is 35.5 Å². The molecular weight excluding hydrogens is 368 g/mol. The largest absolute Gasteiger partial charge is 0.463 e. The highest BCUT2D eigenvalue weighted by molar-refractivity contribution is 5.95. The number of ether oxygens (including phenoxy) is 2. The first-order valence-corrected chi connectivity index (χ1v) is 9.01. The lowest BCUT2D eigenvalue weighted by molar-refractivity contribution is -0.384. The van der Waals surface area contributed by atoms with Gasteiger partial charge in [-0.05, 0) is 24.6 Å². The van der Waals surface area contributed by atoms with Crippen LogP contribution in [0.25, 0.3) is 0 Å². The van der Waals surface area contributed by atoms with Crippen LogP contribution in [0.4, 0.5) is 10.5 Å². The number of carbonyl (C=O) groups excluding carboxylic acids is 2. The summed E-state index contributed by atoms with van der Waals surface area (Å²) >= 11 is 0. The van der Waals surface area contributed by atoms with E-state index >= 15 is 0 Å². The van der Waals surface area contributed by atoms with Gasteiger partial charge in [-0.2, -0.15) is 0 Å². The number of hydrogen-bond acceptors (Lipinski definition) is 7. The highest BCUT2D eigenvalue weighted by Gasteiger charge is 2.34. The van der Waals surface area contributed by atoms with Crippen LogP contribution in [0.1, 0.15) is 18.5 Å². The normalized spacial score (nSPS) is 20.3. The van der Waals surface area contributed by atoms with Crippen molar-refractivity contribution in [3.8, 4) is 0 Å². The molecule has 0 saturated carbocycles. The maximum Gasteiger partial charge on any atom is 0.338 e. The summed E-state index contributed by atoms with van der Waals surface area (Å²) < 4.78 is 10.5. The van der Waals surface area contributed by atoms with E-state index in [-0.39, 0.29) is 12.3 Å². The van der Waals surface area contributed by atoms with E-state index in [0.29, 0.717) is 49.7 Å². The standard InChI is InChI=1S/C18H22N4O6/c1-2-28-17(23)15-14(11-21-7-9-27-10-8-21)19-18(24)20-16(15)12-3-5-13(6-4-12)22(25)26/h3-6,16H,2,7-11H2,1H3,(H2,19,20,24)/t16-/m0/s1. The lowest BCUT2D eigenvalue weighted by Crippen LogP contribution is -2.49. The van der Waals surface area contributed by atoms with E-state index in [4.69, 9.17) is 9.47 Å². The van der Waals surface area contributed by atoms with Gasteiger partial charge in [-0.15, -0.1) is 0 Å². The van der Waals surface area contributed by atoms with E-state index in [1.807, 2.05) is 0 Å². The maximum atomic E-state index is 12.7. The highest BCUT2D eigenvalue weighted by Crippen LogP contribution is 2.29. The van der Waals surface area contributed by atoms with Gasteiger partial charge in [0.1, 0.15) is 0 Å². The Morgan fingerprint density at radius 2 is 2.00 bits per heavy atom.